The summed E-state index contributed by atoms with van der Waals surface area (Å²) in [5, 5.41) is 11.6. The van der Waals surface area contributed by atoms with Gasteiger partial charge in [0.2, 0.25) is 0 Å². The summed E-state index contributed by atoms with van der Waals surface area (Å²) in [6.45, 7) is 0. The fourth-order valence-corrected chi connectivity index (χ4v) is 2.96. The van der Waals surface area contributed by atoms with Gasteiger partial charge >= 0.3 is 0 Å². The van der Waals surface area contributed by atoms with Crippen LogP contribution in [0.5, 0.6) is 5.75 Å². The average molecular weight is 315 g/mol. The summed E-state index contributed by atoms with van der Waals surface area (Å²) in [5.41, 5.74) is 3.87. The molecule has 118 valence electrons. The second-order valence-corrected chi connectivity index (χ2v) is 5.64. The Kier molecular flexibility index (Phi) is 3.50. The second kappa shape index (κ2) is 5.81. The van der Waals surface area contributed by atoms with Crippen LogP contribution in [0, 0.1) is 0 Å². The summed E-state index contributed by atoms with van der Waals surface area (Å²) >= 11 is 0. The molecule has 4 rings (SSSR count). The fraction of sp³-hybridized carbons (Fsp3) is 0.100. The van der Waals surface area contributed by atoms with E-state index in [2.05, 4.69) is 46.6 Å². The minimum atomic E-state index is 0.828. The molecule has 0 unspecified atom stereocenters. The molecule has 0 N–H and O–H groups in total. The largest absolute Gasteiger partial charge is 0.497 e. The zero-order valence-electron chi connectivity index (χ0n) is 13.6. The molecule has 1 aromatic heterocycles. The highest BCUT2D eigenvalue weighted by Gasteiger charge is 2.16. The van der Waals surface area contributed by atoms with Crippen molar-refractivity contribution in [1.29, 1.82) is 0 Å². The molecule has 1 heterocycles. The van der Waals surface area contributed by atoms with Crippen LogP contribution < -0.4 is 4.74 Å². The number of aryl methyl sites for hydroxylation is 1. The van der Waals surface area contributed by atoms with Crippen molar-refractivity contribution in [2.24, 2.45) is 7.05 Å². The second-order valence-electron chi connectivity index (χ2n) is 5.64. The van der Waals surface area contributed by atoms with Gasteiger partial charge in [-0.1, -0.05) is 42.5 Å². The van der Waals surface area contributed by atoms with E-state index in [0.717, 1.165) is 28.3 Å². The molecule has 0 spiro atoms. The van der Waals surface area contributed by atoms with Crippen LogP contribution >= 0.6 is 0 Å². The Morgan fingerprint density at radius 3 is 2.29 bits per heavy atom. The van der Waals surface area contributed by atoms with Crippen LogP contribution in [-0.4, -0.2) is 22.1 Å². The highest BCUT2D eigenvalue weighted by atomic mass is 16.5. The van der Waals surface area contributed by atoms with E-state index in [1.807, 2.05) is 37.4 Å². The summed E-state index contributed by atoms with van der Waals surface area (Å²) < 4.78 is 5.24. The zero-order chi connectivity index (χ0) is 16.5. The summed E-state index contributed by atoms with van der Waals surface area (Å²) in [6, 6.07) is 22.5. The van der Waals surface area contributed by atoms with E-state index in [1.54, 1.807) is 11.9 Å². The van der Waals surface area contributed by atoms with E-state index in [-0.39, 0.29) is 0 Å². The Morgan fingerprint density at radius 1 is 0.792 bits per heavy atom. The van der Waals surface area contributed by atoms with Gasteiger partial charge in [0.1, 0.15) is 17.1 Å². The maximum absolute atomic E-state index is 5.24. The molecule has 0 radical (unpaired) electrons. The van der Waals surface area contributed by atoms with Crippen LogP contribution in [0.1, 0.15) is 0 Å². The first-order chi connectivity index (χ1) is 11.8. The molecule has 0 aliphatic carbocycles. The molecule has 3 aromatic carbocycles. The third kappa shape index (κ3) is 2.42. The third-order valence-corrected chi connectivity index (χ3v) is 4.12. The van der Waals surface area contributed by atoms with Gasteiger partial charge in [-0.25, -0.2) is 0 Å². The first kappa shape index (κ1) is 14.5. The minimum Gasteiger partial charge on any atom is -0.497 e. The molecule has 0 atom stereocenters. The van der Waals surface area contributed by atoms with Crippen molar-refractivity contribution in [2.45, 2.75) is 0 Å². The van der Waals surface area contributed by atoms with Crippen molar-refractivity contribution in [3.63, 3.8) is 0 Å². The molecule has 0 saturated carbocycles. The summed E-state index contributed by atoms with van der Waals surface area (Å²) in [6.07, 6.45) is 0. The third-order valence-electron chi connectivity index (χ3n) is 4.12. The van der Waals surface area contributed by atoms with Gasteiger partial charge < -0.3 is 4.74 Å². The van der Waals surface area contributed by atoms with Crippen LogP contribution in [0.2, 0.25) is 0 Å². The van der Waals surface area contributed by atoms with E-state index in [9.17, 15) is 0 Å². The maximum Gasteiger partial charge on any atom is 0.121 e. The number of nitrogens with zero attached hydrogens (tertiary/aromatic N) is 3. The van der Waals surface area contributed by atoms with Crippen LogP contribution in [0.4, 0.5) is 0 Å². The van der Waals surface area contributed by atoms with Crippen molar-refractivity contribution in [3.8, 4) is 28.3 Å². The van der Waals surface area contributed by atoms with Gasteiger partial charge in [0.15, 0.2) is 0 Å². The van der Waals surface area contributed by atoms with Gasteiger partial charge in [-0.3, -0.25) is 0 Å². The Labute approximate surface area is 140 Å². The first-order valence-corrected chi connectivity index (χ1v) is 7.80. The topological polar surface area (TPSA) is 39.9 Å². The predicted molar refractivity (Wildman–Crippen MR) is 95.9 cm³/mol. The molecule has 0 aliphatic rings. The van der Waals surface area contributed by atoms with Gasteiger partial charge in [-0.05, 0) is 35.0 Å². The molecule has 4 aromatic rings. The number of hydrogen-bond acceptors (Lipinski definition) is 3. The normalized spacial score (nSPS) is 10.9. The molecular weight excluding hydrogens is 298 g/mol. The highest BCUT2D eigenvalue weighted by molar-refractivity contribution is 5.98. The standard InChI is InChI=1S/C20H17N3O/c1-23-21-19(15-10-12-16(24-2)13-11-15)20(22-23)18-9-5-7-14-6-3-4-8-17(14)18/h3-13H,1-2H3. The summed E-state index contributed by atoms with van der Waals surface area (Å²) in [4.78, 5) is 1.62. The Balaban J connectivity index is 1.92. The minimum absolute atomic E-state index is 0.828. The molecule has 0 amide bonds. The van der Waals surface area contributed by atoms with Crippen LogP contribution in [-0.2, 0) is 7.05 Å². The Morgan fingerprint density at radius 2 is 1.50 bits per heavy atom. The van der Waals surface area contributed by atoms with E-state index in [0.29, 0.717) is 0 Å². The first-order valence-electron chi connectivity index (χ1n) is 7.80. The lowest BCUT2D eigenvalue weighted by Crippen LogP contribution is -1.92. The zero-order valence-corrected chi connectivity index (χ0v) is 13.6. The Bertz CT molecular complexity index is 998. The van der Waals surface area contributed by atoms with E-state index < -0.39 is 0 Å². The van der Waals surface area contributed by atoms with Crippen molar-refractivity contribution in [3.05, 3.63) is 66.7 Å². The van der Waals surface area contributed by atoms with E-state index in [4.69, 9.17) is 4.74 Å². The van der Waals surface area contributed by atoms with Crippen molar-refractivity contribution < 1.29 is 4.74 Å². The van der Waals surface area contributed by atoms with Crippen LogP contribution in [0.25, 0.3) is 33.3 Å². The molecule has 24 heavy (non-hydrogen) atoms. The number of methoxy groups -OCH3 is 1. The number of fused-ring (bicyclic) bond motifs is 1. The molecule has 4 nitrogen and oxygen atoms in total. The van der Waals surface area contributed by atoms with Gasteiger partial charge in [0.25, 0.3) is 0 Å². The fourth-order valence-electron chi connectivity index (χ4n) is 2.96. The monoisotopic (exact) mass is 315 g/mol. The van der Waals surface area contributed by atoms with Gasteiger partial charge in [0, 0.05) is 18.2 Å². The smallest absolute Gasteiger partial charge is 0.121 e. The van der Waals surface area contributed by atoms with E-state index >= 15 is 0 Å². The lowest BCUT2D eigenvalue weighted by Gasteiger charge is -2.06. The number of rotatable bonds is 3. The average Bonchev–Trinajstić information content (AvgIpc) is 3.03. The number of hydrogen-bond donors (Lipinski definition) is 0. The molecule has 4 heteroatoms. The van der Waals surface area contributed by atoms with Gasteiger partial charge in [-0.2, -0.15) is 15.0 Å². The lowest BCUT2D eigenvalue weighted by atomic mass is 9.99. The SMILES string of the molecule is COc1ccc(-c2nn(C)nc2-c2cccc3ccccc23)cc1. The molecule has 0 fully saturated rings. The van der Waals surface area contributed by atoms with Crippen molar-refractivity contribution in [1.82, 2.24) is 15.0 Å². The summed E-state index contributed by atoms with van der Waals surface area (Å²) in [7, 11) is 3.51. The van der Waals surface area contributed by atoms with Crippen LogP contribution in [0.15, 0.2) is 66.7 Å². The number of benzene rings is 3. The lowest BCUT2D eigenvalue weighted by molar-refractivity contribution is 0.415. The molecule has 0 saturated heterocycles. The van der Waals surface area contributed by atoms with Gasteiger partial charge in [0.05, 0.1) is 7.11 Å². The number of aromatic nitrogens is 3. The number of ether oxygens (including phenoxy) is 1. The summed E-state index contributed by atoms with van der Waals surface area (Å²) in [5.74, 6) is 0.828. The molecule has 0 bridgehead atoms. The van der Waals surface area contributed by atoms with E-state index in [1.165, 1.54) is 10.8 Å². The quantitative estimate of drug-likeness (QED) is 0.565. The highest BCUT2D eigenvalue weighted by Crippen LogP contribution is 2.34. The Hall–Kier alpha value is -3.14. The molecular formula is C20H17N3O. The van der Waals surface area contributed by atoms with Crippen molar-refractivity contribution >= 4 is 10.8 Å². The van der Waals surface area contributed by atoms with Gasteiger partial charge in [-0.15, -0.1) is 0 Å². The molecule has 0 aliphatic heterocycles. The predicted octanol–water partition coefficient (Wildman–Crippen LogP) is 4.31. The van der Waals surface area contributed by atoms with Crippen molar-refractivity contribution in [2.75, 3.05) is 7.11 Å². The maximum atomic E-state index is 5.24. The van der Waals surface area contributed by atoms with Crippen LogP contribution in [0.3, 0.4) is 0 Å².